The highest BCUT2D eigenvalue weighted by Crippen LogP contribution is 2.16. The quantitative estimate of drug-likeness (QED) is 0.506. The number of fused-ring (bicyclic) bond motifs is 1. The fourth-order valence-corrected chi connectivity index (χ4v) is 3.69. The maximum atomic E-state index is 13.3. The molecule has 162 valence electrons. The second-order valence-corrected chi connectivity index (χ2v) is 7.98. The van der Waals surface area contributed by atoms with Crippen LogP contribution >= 0.6 is 11.6 Å². The van der Waals surface area contributed by atoms with Crippen LogP contribution in [-0.4, -0.2) is 20.0 Å². The summed E-state index contributed by atoms with van der Waals surface area (Å²) in [6, 6.07) is 15.8. The molecule has 0 aliphatic heterocycles. The topological polar surface area (TPSA) is 86.0 Å². The molecule has 2 aromatic carbocycles. The van der Waals surface area contributed by atoms with E-state index in [9.17, 15) is 14.4 Å². The van der Waals surface area contributed by atoms with Gasteiger partial charge < -0.3 is 5.32 Å². The fraction of sp³-hybridized carbons (Fsp3) is 0.167. The van der Waals surface area contributed by atoms with Crippen molar-refractivity contribution in [3.63, 3.8) is 0 Å². The monoisotopic (exact) mass is 448 g/mol. The molecule has 0 spiro atoms. The van der Waals surface area contributed by atoms with E-state index in [2.05, 4.69) is 10.3 Å². The van der Waals surface area contributed by atoms with Crippen LogP contribution in [0.4, 0.5) is 5.69 Å². The van der Waals surface area contributed by atoms with E-state index in [4.69, 9.17) is 11.6 Å². The number of anilines is 1. The molecule has 1 N–H and O–H groups in total. The average molecular weight is 449 g/mol. The Morgan fingerprint density at radius 1 is 1.00 bits per heavy atom. The number of pyridine rings is 1. The predicted molar refractivity (Wildman–Crippen MR) is 125 cm³/mol. The first-order valence-corrected chi connectivity index (χ1v) is 10.4. The molecule has 0 radical (unpaired) electrons. The predicted octanol–water partition coefficient (Wildman–Crippen LogP) is 3.52. The molecule has 8 heteroatoms. The molecule has 0 aliphatic carbocycles. The molecule has 0 aliphatic rings. The molecule has 0 bridgehead atoms. The van der Waals surface area contributed by atoms with Crippen LogP contribution in [-0.2, 0) is 17.9 Å². The first-order chi connectivity index (χ1) is 15.3. The molecular weight excluding hydrogens is 428 g/mol. The van der Waals surface area contributed by atoms with Gasteiger partial charge in [0.1, 0.15) is 12.2 Å². The minimum Gasteiger partial charge on any atom is -0.325 e. The summed E-state index contributed by atoms with van der Waals surface area (Å²) in [6.07, 6.45) is 1.48. The highest BCUT2D eigenvalue weighted by Gasteiger charge is 2.17. The van der Waals surface area contributed by atoms with Gasteiger partial charge in [-0.1, -0.05) is 35.9 Å². The number of hydrogen-bond acceptors (Lipinski definition) is 4. The first kappa shape index (κ1) is 21.5. The van der Waals surface area contributed by atoms with Crippen LogP contribution in [0.15, 0.2) is 70.4 Å². The highest BCUT2D eigenvalue weighted by atomic mass is 35.5. The Hall–Kier alpha value is -3.71. The van der Waals surface area contributed by atoms with Crippen LogP contribution < -0.4 is 16.6 Å². The summed E-state index contributed by atoms with van der Waals surface area (Å²) < 4.78 is 2.29. The van der Waals surface area contributed by atoms with Gasteiger partial charge in [0, 0.05) is 16.9 Å². The summed E-state index contributed by atoms with van der Waals surface area (Å²) in [5.41, 5.74) is 2.46. The van der Waals surface area contributed by atoms with E-state index in [1.165, 1.54) is 10.8 Å². The van der Waals surface area contributed by atoms with Crippen LogP contribution in [0.5, 0.6) is 0 Å². The van der Waals surface area contributed by atoms with E-state index < -0.39 is 17.2 Å². The summed E-state index contributed by atoms with van der Waals surface area (Å²) in [7, 11) is 0. The van der Waals surface area contributed by atoms with Gasteiger partial charge in [0.05, 0.1) is 11.9 Å². The zero-order valence-corrected chi connectivity index (χ0v) is 18.4. The Labute approximate surface area is 188 Å². The lowest BCUT2D eigenvalue weighted by atomic mass is 10.1. The number of carbonyl (C=O) groups excluding carboxylic acids is 1. The molecule has 0 fully saturated rings. The van der Waals surface area contributed by atoms with Crippen molar-refractivity contribution < 1.29 is 4.79 Å². The summed E-state index contributed by atoms with van der Waals surface area (Å²) in [4.78, 5) is 43.3. The van der Waals surface area contributed by atoms with Gasteiger partial charge in [0.25, 0.3) is 5.56 Å². The van der Waals surface area contributed by atoms with Gasteiger partial charge in [0.2, 0.25) is 5.91 Å². The molecule has 0 saturated heterocycles. The van der Waals surface area contributed by atoms with Crippen molar-refractivity contribution >= 4 is 34.2 Å². The minimum atomic E-state index is -0.628. The first-order valence-electron chi connectivity index (χ1n) is 10.0. The zero-order valence-electron chi connectivity index (χ0n) is 17.6. The lowest BCUT2D eigenvalue weighted by Crippen LogP contribution is -2.42. The number of nitrogens with one attached hydrogen (secondary N) is 1. The number of amides is 1. The number of hydrogen-bond donors (Lipinski definition) is 1. The minimum absolute atomic E-state index is 0.0129. The van der Waals surface area contributed by atoms with E-state index in [-0.39, 0.29) is 24.1 Å². The lowest BCUT2D eigenvalue weighted by Gasteiger charge is -2.14. The number of carbonyl (C=O) groups is 1. The number of nitrogens with zero attached hydrogens (tertiary/aromatic N) is 3. The van der Waals surface area contributed by atoms with Crippen molar-refractivity contribution in [1.29, 1.82) is 0 Å². The Kier molecular flexibility index (Phi) is 5.92. The summed E-state index contributed by atoms with van der Waals surface area (Å²) in [6.45, 7) is 3.64. The summed E-state index contributed by atoms with van der Waals surface area (Å²) >= 11 is 6.23. The molecule has 4 aromatic rings. The third kappa shape index (κ3) is 4.20. The van der Waals surface area contributed by atoms with Gasteiger partial charge in [0.15, 0.2) is 0 Å². The smallest absolute Gasteiger partial charge is 0.325 e. The highest BCUT2D eigenvalue weighted by molar-refractivity contribution is 6.31. The standard InChI is InChI=1S/C24H21ClN4O3/c1-15-9-10-18(12-16(15)2)27-21(30)14-28-22-19(7-5-11-26-22)23(31)29(24(28)32)13-17-6-3-4-8-20(17)25/h3-12H,13-14H2,1-2H3,(H,27,30). The van der Waals surface area contributed by atoms with Gasteiger partial charge in [-0.25, -0.2) is 9.78 Å². The van der Waals surface area contributed by atoms with Crippen LogP contribution in [0.3, 0.4) is 0 Å². The second-order valence-electron chi connectivity index (χ2n) is 7.57. The van der Waals surface area contributed by atoms with Crippen LogP contribution in [0.1, 0.15) is 16.7 Å². The van der Waals surface area contributed by atoms with E-state index in [1.54, 1.807) is 42.5 Å². The maximum Gasteiger partial charge on any atom is 0.333 e. The van der Waals surface area contributed by atoms with Crippen molar-refractivity contribution in [2.45, 2.75) is 26.9 Å². The molecule has 2 heterocycles. The molecular formula is C24H21ClN4O3. The molecule has 2 aromatic heterocycles. The maximum absolute atomic E-state index is 13.3. The number of benzene rings is 2. The lowest BCUT2D eigenvalue weighted by molar-refractivity contribution is -0.116. The van der Waals surface area contributed by atoms with Gasteiger partial charge in [-0.05, 0) is 60.9 Å². The van der Waals surface area contributed by atoms with Crippen LogP contribution in [0.2, 0.25) is 5.02 Å². The fourth-order valence-electron chi connectivity index (χ4n) is 3.49. The van der Waals surface area contributed by atoms with E-state index in [1.807, 2.05) is 26.0 Å². The van der Waals surface area contributed by atoms with E-state index >= 15 is 0 Å². The molecule has 0 saturated carbocycles. The second kappa shape index (κ2) is 8.80. The summed E-state index contributed by atoms with van der Waals surface area (Å²) in [5.74, 6) is -0.398. The van der Waals surface area contributed by atoms with Gasteiger partial charge in [-0.2, -0.15) is 0 Å². The van der Waals surface area contributed by atoms with Crippen LogP contribution in [0.25, 0.3) is 11.0 Å². The molecule has 7 nitrogen and oxygen atoms in total. The molecule has 4 rings (SSSR count). The Morgan fingerprint density at radius 3 is 2.53 bits per heavy atom. The number of aryl methyl sites for hydroxylation is 2. The number of aromatic nitrogens is 3. The van der Waals surface area contributed by atoms with Gasteiger partial charge >= 0.3 is 5.69 Å². The molecule has 32 heavy (non-hydrogen) atoms. The molecule has 0 atom stereocenters. The van der Waals surface area contributed by atoms with Gasteiger partial charge in [-0.15, -0.1) is 0 Å². The van der Waals surface area contributed by atoms with Crippen LogP contribution in [0, 0.1) is 13.8 Å². The van der Waals surface area contributed by atoms with Crippen molar-refractivity contribution in [2.75, 3.05) is 5.32 Å². The van der Waals surface area contributed by atoms with Crippen molar-refractivity contribution in [3.05, 3.63) is 103 Å². The zero-order chi connectivity index (χ0) is 22.8. The van der Waals surface area contributed by atoms with Crippen molar-refractivity contribution in [3.8, 4) is 0 Å². The molecule has 1 amide bonds. The SMILES string of the molecule is Cc1ccc(NC(=O)Cn2c(=O)n(Cc3ccccc3Cl)c(=O)c3cccnc32)cc1C. The third-order valence-corrected chi connectivity index (χ3v) is 5.73. The van der Waals surface area contributed by atoms with E-state index in [0.717, 1.165) is 15.7 Å². The Bertz CT molecular complexity index is 1460. The van der Waals surface area contributed by atoms with Gasteiger partial charge in [-0.3, -0.25) is 18.7 Å². The summed E-state index contributed by atoms with van der Waals surface area (Å²) in [5, 5.41) is 3.50. The van der Waals surface area contributed by atoms with E-state index in [0.29, 0.717) is 16.3 Å². The number of rotatable bonds is 5. The van der Waals surface area contributed by atoms with Crippen molar-refractivity contribution in [2.24, 2.45) is 0 Å². The number of halogens is 1. The average Bonchev–Trinajstić information content (AvgIpc) is 2.78. The largest absolute Gasteiger partial charge is 0.333 e. The molecule has 0 unspecified atom stereocenters. The normalized spacial score (nSPS) is 11.0. The Morgan fingerprint density at radius 2 is 1.78 bits per heavy atom. The Balaban J connectivity index is 1.75. The third-order valence-electron chi connectivity index (χ3n) is 5.36. The van der Waals surface area contributed by atoms with Crippen molar-refractivity contribution in [1.82, 2.24) is 14.1 Å².